The minimum Gasteiger partial charge on any atom is -0.272 e. The van der Waals surface area contributed by atoms with Crippen molar-refractivity contribution in [1.82, 2.24) is 14.1 Å². The summed E-state index contributed by atoms with van der Waals surface area (Å²) in [6, 6.07) is 5.73. The molecule has 0 aliphatic carbocycles. The maximum atomic E-state index is 12.8. The summed E-state index contributed by atoms with van der Waals surface area (Å²) in [6.45, 7) is 1.31. The second kappa shape index (κ2) is 6.80. The molecule has 9 heteroatoms. The van der Waals surface area contributed by atoms with Crippen LogP contribution in [0.3, 0.4) is 0 Å². The summed E-state index contributed by atoms with van der Waals surface area (Å²) in [5, 5.41) is 4.14. The van der Waals surface area contributed by atoms with E-state index < -0.39 is 21.8 Å². The van der Waals surface area contributed by atoms with Crippen LogP contribution in [0.25, 0.3) is 0 Å². The Morgan fingerprint density at radius 3 is 2.48 bits per heavy atom. The molecule has 1 aliphatic heterocycles. The third kappa shape index (κ3) is 4.04. The lowest BCUT2D eigenvalue weighted by molar-refractivity contribution is -0.137. The smallest absolute Gasteiger partial charge is 0.272 e. The lowest BCUT2D eigenvalue weighted by atomic mass is 9.98. The molecule has 2 heterocycles. The number of hydrogen-bond donors (Lipinski definition) is 0. The predicted molar refractivity (Wildman–Crippen MR) is 85.2 cm³/mol. The second-order valence-corrected chi connectivity index (χ2v) is 8.04. The van der Waals surface area contributed by atoms with E-state index in [1.807, 2.05) is 16.9 Å². The Morgan fingerprint density at radius 1 is 1.16 bits per heavy atom. The molecular weight excluding hydrogens is 355 g/mol. The number of rotatable bonds is 4. The van der Waals surface area contributed by atoms with Gasteiger partial charge < -0.3 is 0 Å². The lowest BCUT2D eigenvalue weighted by Crippen LogP contribution is -2.39. The molecule has 3 rings (SSSR count). The van der Waals surface area contributed by atoms with Crippen LogP contribution < -0.4 is 0 Å². The van der Waals surface area contributed by atoms with E-state index in [0.29, 0.717) is 44.5 Å². The first-order valence-electron chi connectivity index (χ1n) is 7.91. The van der Waals surface area contributed by atoms with Crippen molar-refractivity contribution >= 4 is 10.0 Å². The van der Waals surface area contributed by atoms with Crippen molar-refractivity contribution in [3.8, 4) is 0 Å². The maximum Gasteiger partial charge on any atom is 0.416 e. The zero-order valence-corrected chi connectivity index (χ0v) is 14.2. The summed E-state index contributed by atoms with van der Waals surface area (Å²) < 4.78 is 66.8. The molecule has 0 unspecified atom stereocenters. The van der Waals surface area contributed by atoms with Gasteiger partial charge in [0.1, 0.15) is 0 Å². The zero-order chi connectivity index (χ0) is 18.1. The number of hydrogen-bond acceptors (Lipinski definition) is 3. The van der Waals surface area contributed by atoms with E-state index in [-0.39, 0.29) is 4.90 Å². The van der Waals surface area contributed by atoms with E-state index in [1.54, 1.807) is 6.20 Å². The monoisotopic (exact) mass is 373 g/mol. The molecule has 0 atom stereocenters. The number of piperidine rings is 1. The van der Waals surface area contributed by atoms with E-state index in [1.165, 1.54) is 10.4 Å². The average molecular weight is 373 g/mol. The van der Waals surface area contributed by atoms with Crippen molar-refractivity contribution in [3.05, 3.63) is 48.3 Å². The highest BCUT2D eigenvalue weighted by atomic mass is 32.2. The highest BCUT2D eigenvalue weighted by Gasteiger charge is 2.34. The van der Waals surface area contributed by atoms with Crippen LogP contribution in [0.15, 0.2) is 47.6 Å². The normalized spacial score (nSPS) is 17.7. The van der Waals surface area contributed by atoms with Crippen molar-refractivity contribution in [2.24, 2.45) is 5.92 Å². The Labute approximate surface area is 144 Å². The van der Waals surface area contributed by atoms with Crippen molar-refractivity contribution in [1.29, 1.82) is 0 Å². The third-order valence-corrected chi connectivity index (χ3v) is 6.27. The van der Waals surface area contributed by atoms with E-state index >= 15 is 0 Å². The Hall–Kier alpha value is -1.87. The van der Waals surface area contributed by atoms with Crippen LogP contribution >= 0.6 is 0 Å². The van der Waals surface area contributed by atoms with Gasteiger partial charge in [0.05, 0.1) is 10.5 Å². The molecule has 136 valence electrons. The van der Waals surface area contributed by atoms with Crippen LogP contribution in [0.4, 0.5) is 13.2 Å². The van der Waals surface area contributed by atoms with Gasteiger partial charge in [-0.25, -0.2) is 8.42 Å². The van der Waals surface area contributed by atoms with Crippen LogP contribution in [-0.2, 0) is 22.7 Å². The molecule has 0 radical (unpaired) electrons. The summed E-state index contributed by atoms with van der Waals surface area (Å²) in [4.78, 5) is -0.312. The first-order valence-corrected chi connectivity index (χ1v) is 9.35. The van der Waals surface area contributed by atoms with Crippen molar-refractivity contribution in [2.75, 3.05) is 13.1 Å². The molecule has 1 aliphatic rings. The summed E-state index contributed by atoms with van der Waals surface area (Å²) in [5.41, 5.74) is -0.956. The third-order valence-electron chi connectivity index (χ3n) is 4.38. The number of nitrogens with zero attached hydrogens (tertiary/aromatic N) is 3. The Kier molecular flexibility index (Phi) is 4.88. The van der Waals surface area contributed by atoms with Gasteiger partial charge in [0.2, 0.25) is 10.0 Å². The fourth-order valence-electron chi connectivity index (χ4n) is 2.99. The Morgan fingerprint density at radius 2 is 1.88 bits per heavy atom. The van der Waals surface area contributed by atoms with Gasteiger partial charge in [0, 0.05) is 32.0 Å². The molecule has 1 aromatic carbocycles. The van der Waals surface area contributed by atoms with Crippen LogP contribution in [0.2, 0.25) is 0 Å². The largest absolute Gasteiger partial charge is 0.416 e. The van der Waals surface area contributed by atoms with Crippen molar-refractivity contribution in [2.45, 2.75) is 30.5 Å². The number of halogens is 3. The SMILES string of the molecule is O=S(=O)(c1cccc(C(F)(F)F)c1)N1CCC(Cn2cccn2)CC1. The number of benzene rings is 1. The molecule has 0 amide bonds. The molecule has 1 saturated heterocycles. The van der Waals surface area contributed by atoms with Gasteiger partial charge in [-0.1, -0.05) is 6.07 Å². The minimum absolute atomic E-state index is 0.296. The van der Waals surface area contributed by atoms with E-state index in [0.717, 1.165) is 12.1 Å². The van der Waals surface area contributed by atoms with E-state index in [9.17, 15) is 21.6 Å². The number of alkyl halides is 3. The molecule has 0 saturated carbocycles. The summed E-state index contributed by atoms with van der Waals surface area (Å²) >= 11 is 0. The average Bonchev–Trinajstić information content (AvgIpc) is 3.08. The Bertz CT molecular complexity index is 811. The molecule has 5 nitrogen and oxygen atoms in total. The van der Waals surface area contributed by atoms with Gasteiger partial charge in [-0.2, -0.15) is 22.6 Å². The van der Waals surface area contributed by atoms with Gasteiger partial charge in [-0.15, -0.1) is 0 Å². The topological polar surface area (TPSA) is 55.2 Å². The molecule has 25 heavy (non-hydrogen) atoms. The highest BCUT2D eigenvalue weighted by Crippen LogP contribution is 2.32. The van der Waals surface area contributed by atoms with Crippen LogP contribution in [0, 0.1) is 5.92 Å². The predicted octanol–water partition coefficient (Wildman–Crippen LogP) is 3.00. The number of aromatic nitrogens is 2. The quantitative estimate of drug-likeness (QED) is 0.828. The maximum absolute atomic E-state index is 12.8. The van der Waals surface area contributed by atoms with Crippen LogP contribution in [0.1, 0.15) is 18.4 Å². The van der Waals surface area contributed by atoms with Gasteiger partial charge in [-0.05, 0) is 43.0 Å². The summed E-state index contributed by atoms with van der Waals surface area (Å²) in [7, 11) is -3.92. The number of sulfonamides is 1. The summed E-state index contributed by atoms with van der Waals surface area (Å²) in [6.07, 6.45) is 0.275. The fourth-order valence-corrected chi connectivity index (χ4v) is 4.50. The molecule has 2 aromatic rings. The first-order chi connectivity index (χ1) is 11.8. The van der Waals surface area contributed by atoms with Crippen molar-refractivity contribution < 1.29 is 21.6 Å². The minimum atomic E-state index is -4.57. The van der Waals surface area contributed by atoms with Gasteiger partial charge >= 0.3 is 6.18 Å². The molecule has 0 N–H and O–H groups in total. The molecule has 1 fully saturated rings. The first kappa shape index (κ1) is 17.9. The lowest BCUT2D eigenvalue weighted by Gasteiger charge is -2.31. The summed E-state index contributed by atoms with van der Waals surface area (Å²) in [5.74, 6) is 0.299. The van der Waals surface area contributed by atoms with E-state index in [2.05, 4.69) is 5.10 Å². The van der Waals surface area contributed by atoms with Crippen LogP contribution in [0.5, 0.6) is 0 Å². The van der Waals surface area contributed by atoms with Crippen LogP contribution in [-0.4, -0.2) is 35.6 Å². The standard InChI is InChI=1S/C16H18F3N3O2S/c17-16(18,19)14-3-1-4-15(11-14)25(23,24)22-9-5-13(6-10-22)12-21-8-2-7-20-21/h1-4,7-8,11,13H,5-6,9-10,12H2. The highest BCUT2D eigenvalue weighted by molar-refractivity contribution is 7.89. The fraction of sp³-hybridized carbons (Fsp3) is 0.438. The zero-order valence-electron chi connectivity index (χ0n) is 13.4. The van der Waals surface area contributed by atoms with E-state index in [4.69, 9.17) is 0 Å². The van der Waals surface area contributed by atoms with Gasteiger partial charge in [0.25, 0.3) is 0 Å². The molecule has 1 aromatic heterocycles. The second-order valence-electron chi connectivity index (χ2n) is 6.10. The molecule has 0 bridgehead atoms. The molecular formula is C16H18F3N3O2S. The molecule has 0 spiro atoms. The van der Waals surface area contributed by atoms with Gasteiger partial charge in [-0.3, -0.25) is 4.68 Å². The van der Waals surface area contributed by atoms with Crippen molar-refractivity contribution in [3.63, 3.8) is 0 Å². The van der Waals surface area contributed by atoms with Gasteiger partial charge in [0.15, 0.2) is 0 Å². The Balaban J connectivity index is 1.70.